The van der Waals surface area contributed by atoms with Crippen molar-refractivity contribution < 1.29 is 18.0 Å². The highest BCUT2D eigenvalue weighted by atomic mass is 32.2. The van der Waals surface area contributed by atoms with Crippen molar-refractivity contribution in [3.8, 4) is 0 Å². The summed E-state index contributed by atoms with van der Waals surface area (Å²) in [5.41, 5.74) is -1.10. The molecule has 1 aromatic carbocycles. The number of benzene rings is 1. The number of halogens is 3. The van der Waals surface area contributed by atoms with Gasteiger partial charge in [0.1, 0.15) is 5.82 Å². The van der Waals surface area contributed by atoms with E-state index in [1.165, 1.54) is 62.1 Å². The van der Waals surface area contributed by atoms with E-state index in [0.29, 0.717) is 11.1 Å². The summed E-state index contributed by atoms with van der Waals surface area (Å²) in [6.07, 6.45) is 2.56. The number of rotatable bonds is 6. The lowest BCUT2D eigenvalue weighted by atomic mass is 9.87. The molecule has 1 aliphatic carbocycles. The molecular weight excluding hydrogens is 389 g/mol. The van der Waals surface area contributed by atoms with Gasteiger partial charge < -0.3 is 9.88 Å². The number of hydrogen-bond donors (Lipinski definition) is 1. The molecule has 0 radical (unpaired) electrons. The van der Waals surface area contributed by atoms with Gasteiger partial charge in [-0.15, -0.1) is 10.2 Å². The van der Waals surface area contributed by atoms with Gasteiger partial charge in [-0.05, 0) is 18.1 Å². The zero-order valence-corrected chi connectivity index (χ0v) is 16.4. The Balaban J connectivity index is 1.57. The molecule has 0 aliphatic heterocycles. The topological polar surface area (TPSA) is 59.8 Å². The molecule has 152 valence electrons. The van der Waals surface area contributed by atoms with E-state index in [-0.39, 0.29) is 11.4 Å². The molecule has 1 fully saturated rings. The second-order valence-electron chi connectivity index (χ2n) is 7.05. The van der Waals surface area contributed by atoms with Crippen molar-refractivity contribution in [3.05, 3.63) is 35.7 Å². The van der Waals surface area contributed by atoms with Crippen molar-refractivity contribution in [1.29, 1.82) is 0 Å². The minimum Gasteiger partial charge on any atom is -0.325 e. The number of amides is 1. The van der Waals surface area contributed by atoms with Crippen LogP contribution in [0.5, 0.6) is 0 Å². The van der Waals surface area contributed by atoms with Gasteiger partial charge in [0, 0.05) is 13.5 Å². The van der Waals surface area contributed by atoms with Crippen LogP contribution in [-0.2, 0) is 24.4 Å². The summed E-state index contributed by atoms with van der Waals surface area (Å²) in [5.74, 6) is 0.953. The number of carbonyl (C=O) groups excluding carboxylic acids is 1. The number of anilines is 1. The molecule has 0 bridgehead atoms. The first-order valence-electron chi connectivity index (χ1n) is 9.31. The Hall–Kier alpha value is -2.03. The Morgan fingerprint density at radius 2 is 1.93 bits per heavy atom. The average Bonchev–Trinajstić information content (AvgIpc) is 3.00. The maximum absolute atomic E-state index is 13.0. The molecule has 28 heavy (non-hydrogen) atoms. The van der Waals surface area contributed by atoms with Crippen molar-refractivity contribution in [3.63, 3.8) is 0 Å². The summed E-state index contributed by atoms with van der Waals surface area (Å²) in [7, 11) is 1.86. The van der Waals surface area contributed by atoms with Gasteiger partial charge in [-0.1, -0.05) is 56.0 Å². The monoisotopic (exact) mass is 412 g/mol. The lowest BCUT2D eigenvalue weighted by Gasteiger charge is -2.20. The maximum atomic E-state index is 13.0. The number of aromatic nitrogens is 3. The van der Waals surface area contributed by atoms with Crippen LogP contribution in [0, 0.1) is 5.92 Å². The Labute approximate surface area is 166 Å². The van der Waals surface area contributed by atoms with E-state index in [4.69, 9.17) is 0 Å². The van der Waals surface area contributed by atoms with Crippen molar-refractivity contribution in [2.45, 2.75) is 49.9 Å². The maximum Gasteiger partial charge on any atom is 0.418 e. The Morgan fingerprint density at radius 1 is 1.21 bits per heavy atom. The molecular formula is C19H23F3N4OS. The first-order chi connectivity index (χ1) is 13.3. The van der Waals surface area contributed by atoms with E-state index >= 15 is 0 Å². The molecule has 0 atom stereocenters. The highest BCUT2D eigenvalue weighted by molar-refractivity contribution is 7.99. The largest absolute Gasteiger partial charge is 0.418 e. The smallest absolute Gasteiger partial charge is 0.325 e. The second-order valence-corrected chi connectivity index (χ2v) is 7.99. The Bertz CT molecular complexity index is 816. The number of alkyl halides is 3. The van der Waals surface area contributed by atoms with Crippen LogP contribution in [0.3, 0.4) is 0 Å². The van der Waals surface area contributed by atoms with Crippen molar-refractivity contribution in [1.82, 2.24) is 14.8 Å². The summed E-state index contributed by atoms with van der Waals surface area (Å²) in [5, 5.41) is 11.3. The third-order valence-electron chi connectivity index (χ3n) is 4.96. The Morgan fingerprint density at radius 3 is 2.64 bits per heavy atom. The quantitative estimate of drug-likeness (QED) is 0.700. The minimum atomic E-state index is -4.52. The van der Waals surface area contributed by atoms with Crippen molar-refractivity contribution in [2.24, 2.45) is 13.0 Å². The van der Waals surface area contributed by atoms with Crippen LogP contribution in [0.25, 0.3) is 0 Å². The summed E-state index contributed by atoms with van der Waals surface area (Å²) in [6.45, 7) is 0. The van der Waals surface area contributed by atoms with Crippen LogP contribution in [0.15, 0.2) is 29.4 Å². The van der Waals surface area contributed by atoms with E-state index in [9.17, 15) is 18.0 Å². The van der Waals surface area contributed by atoms with Gasteiger partial charge in [0.15, 0.2) is 5.16 Å². The zero-order chi connectivity index (χ0) is 20.1. The van der Waals surface area contributed by atoms with Crippen LogP contribution < -0.4 is 5.32 Å². The van der Waals surface area contributed by atoms with Gasteiger partial charge in [-0.2, -0.15) is 13.2 Å². The molecule has 0 unspecified atom stereocenters. The van der Waals surface area contributed by atoms with Crippen LogP contribution >= 0.6 is 11.8 Å². The third kappa shape index (κ3) is 5.27. The molecule has 9 heteroatoms. The fourth-order valence-electron chi connectivity index (χ4n) is 3.45. The van der Waals surface area contributed by atoms with Gasteiger partial charge in [0.05, 0.1) is 17.0 Å². The number of thioether (sulfide) groups is 1. The van der Waals surface area contributed by atoms with Gasteiger partial charge in [0.25, 0.3) is 0 Å². The molecule has 1 aliphatic rings. The fraction of sp³-hybridized carbons (Fsp3) is 0.526. The molecule has 3 rings (SSSR count). The van der Waals surface area contributed by atoms with Gasteiger partial charge >= 0.3 is 6.18 Å². The number of hydrogen-bond acceptors (Lipinski definition) is 4. The first-order valence-corrected chi connectivity index (χ1v) is 10.3. The van der Waals surface area contributed by atoms with E-state index in [1.807, 2.05) is 11.6 Å². The van der Waals surface area contributed by atoms with Crippen molar-refractivity contribution >= 4 is 23.4 Å². The second kappa shape index (κ2) is 8.98. The molecule has 5 nitrogen and oxygen atoms in total. The molecule has 0 spiro atoms. The lowest BCUT2D eigenvalue weighted by molar-refractivity contribution is -0.137. The standard InChI is InChI=1S/C19H23F3N4OS/c1-26-16(11-13-7-3-2-4-8-13)24-25-18(26)28-12-17(27)23-15-10-6-5-9-14(15)19(20,21)22/h5-6,9-10,13H,2-4,7-8,11-12H2,1H3,(H,23,27). The number of nitrogens with one attached hydrogen (secondary N) is 1. The van der Waals surface area contributed by atoms with Crippen LogP contribution in [-0.4, -0.2) is 26.4 Å². The molecule has 1 N–H and O–H groups in total. The summed E-state index contributed by atoms with van der Waals surface area (Å²) >= 11 is 1.17. The van der Waals surface area contributed by atoms with E-state index < -0.39 is 17.6 Å². The normalized spacial score (nSPS) is 15.6. The molecule has 1 aromatic heterocycles. The first kappa shape index (κ1) is 20.7. The third-order valence-corrected chi connectivity index (χ3v) is 5.98. The summed E-state index contributed by atoms with van der Waals surface area (Å²) in [6, 6.07) is 4.94. The summed E-state index contributed by atoms with van der Waals surface area (Å²) < 4.78 is 40.9. The highest BCUT2D eigenvalue weighted by Gasteiger charge is 2.33. The van der Waals surface area contributed by atoms with E-state index in [2.05, 4.69) is 15.5 Å². The Kier molecular flexibility index (Phi) is 6.64. The zero-order valence-electron chi connectivity index (χ0n) is 15.6. The SMILES string of the molecule is Cn1c(CC2CCCCC2)nnc1SCC(=O)Nc1ccccc1C(F)(F)F. The van der Waals surface area contributed by atoms with E-state index in [1.54, 1.807) is 0 Å². The van der Waals surface area contributed by atoms with Crippen molar-refractivity contribution in [2.75, 3.05) is 11.1 Å². The fourth-order valence-corrected chi connectivity index (χ4v) is 4.18. The highest BCUT2D eigenvalue weighted by Crippen LogP contribution is 2.34. The van der Waals surface area contributed by atoms with Crippen LogP contribution in [0.4, 0.5) is 18.9 Å². The molecule has 2 aromatic rings. The molecule has 1 saturated carbocycles. The van der Waals surface area contributed by atoms with E-state index in [0.717, 1.165) is 18.3 Å². The number of nitrogens with zero attached hydrogens (tertiary/aromatic N) is 3. The molecule has 0 saturated heterocycles. The van der Waals surface area contributed by atoms with Gasteiger partial charge in [-0.3, -0.25) is 4.79 Å². The molecule has 1 amide bonds. The van der Waals surface area contributed by atoms with Crippen LogP contribution in [0.1, 0.15) is 43.5 Å². The number of carbonyl (C=O) groups is 1. The lowest BCUT2D eigenvalue weighted by Crippen LogP contribution is -2.18. The molecule has 1 heterocycles. The minimum absolute atomic E-state index is 0.0401. The van der Waals surface area contributed by atoms with Gasteiger partial charge in [0.2, 0.25) is 5.91 Å². The average molecular weight is 412 g/mol. The number of para-hydroxylation sites is 1. The predicted molar refractivity (Wildman–Crippen MR) is 102 cm³/mol. The van der Waals surface area contributed by atoms with Crippen LogP contribution in [0.2, 0.25) is 0 Å². The predicted octanol–water partition coefficient (Wildman–Crippen LogP) is 4.69. The summed E-state index contributed by atoms with van der Waals surface area (Å²) in [4.78, 5) is 12.1. The van der Waals surface area contributed by atoms with Gasteiger partial charge in [-0.25, -0.2) is 0 Å².